The van der Waals surface area contributed by atoms with Crippen molar-refractivity contribution in [1.82, 2.24) is 0 Å². The van der Waals surface area contributed by atoms with Gasteiger partial charge in [-0.3, -0.25) is 0 Å². The number of hydrogen-bond donors (Lipinski definition) is 1. The van der Waals surface area contributed by atoms with E-state index in [1.165, 1.54) is 12.1 Å². The molecule has 14 heavy (non-hydrogen) atoms. The van der Waals surface area contributed by atoms with Crippen LogP contribution in [0.1, 0.15) is 25.3 Å². The zero-order valence-corrected chi connectivity index (χ0v) is 7.93. The third-order valence-corrected chi connectivity index (χ3v) is 3.03. The van der Waals surface area contributed by atoms with Gasteiger partial charge in [0.1, 0.15) is 11.6 Å². The summed E-state index contributed by atoms with van der Waals surface area (Å²) in [4.78, 5) is 0. The molecule has 1 saturated carbocycles. The Kier molecular flexibility index (Phi) is 2.07. The van der Waals surface area contributed by atoms with Gasteiger partial charge in [0.05, 0.1) is 6.10 Å². The van der Waals surface area contributed by atoms with Gasteiger partial charge in [-0.25, -0.2) is 8.78 Å². The van der Waals surface area contributed by atoms with E-state index in [2.05, 4.69) is 0 Å². The molecule has 0 heterocycles. The van der Waals surface area contributed by atoms with Crippen LogP contribution in [0.3, 0.4) is 0 Å². The van der Waals surface area contributed by atoms with Crippen molar-refractivity contribution >= 4 is 0 Å². The lowest BCUT2D eigenvalue weighted by Crippen LogP contribution is -2.22. The molecule has 0 spiro atoms. The molecule has 3 heteroatoms. The average Bonchev–Trinajstić information content (AvgIpc) is 2.81. The second-order valence-corrected chi connectivity index (χ2v) is 3.99. The van der Waals surface area contributed by atoms with Gasteiger partial charge < -0.3 is 5.11 Å². The van der Waals surface area contributed by atoms with Crippen molar-refractivity contribution in [2.75, 3.05) is 0 Å². The highest BCUT2D eigenvalue weighted by molar-refractivity contribution is 5.33. The van der Waals surface area contributed by atoms with Crippen LogP contribution in [0.4, 0.5) is 8.78 Å². The summed E-state index contributed by atoms with van der Waals surface area (Å²) in [6, 6.07) is 3.47. The van der Waals surface area contributed by atoms with Crippen molar-refractivity contribution in [2.45, 2.75) is 31.3 Å². The highest BCUT2D eigenvalue weighted by Gasteiger charge is 2.48. The Hall–Kier alpha value is -0.960. The Morgan fingerprint density at radius 1 is 1.21 bits per heavy atom. The zero-order chi connectivity index (χ0) is 10.3. The summed E-state index contributed by atoms with van der Waals surface area (Å²) in [5.41, 5.74) is 0.174. The molecule has 0 aliphatic heterocycles. The Morgan fingerprint density at radius 3 is 2.07 bits per heavy atom. The van der Waals surface area contributed by atoms with Crippen LogP contribution in [-0.2, 0) is 5.41 Å². The molecule has 0 radical (unpaired) electrons. The first-order valence-corrected chi connectivity index (χ1v) is 4.69. The smallest absolute Gasteiger partial charge is 0.126 e. The lowest BCUT2D eigenvalue weighted by atomic mass is 9.91. The molecule has 0 amide bonds. The molecule has 76 valence electrons. The van der Waals surface area contributed by atoms with Crippen LogP contribution >= 0.6 is 0 Å². The second kappa shape index (κ2) is 3.02. The number of aliphatic hydroxyl groups excluding tert-OH is 1. The third kappa shape index (κ3) is 1.42. The van der Waals surface area contributed by atoms with Gasteiger partial charge in [-0.1, -0.05) is 0 Å². The number of halogens is 2. The lowest BCUT2D eigenvalue weighted by Gasteiger charge is -2.19. The summed E-state index contributed by atoms with van der Waals surface area (Å²) >= 11 is 0. The van der Waals surface area contributed by atoms with E-state index < -0.39 is 23.2 Å². The summed E-state index contributed by atoms with van der Waals surface area (Å²) in [5.74, 6) is -1.15. The number of aliphatic hydroxyl groups is 1. The van der Waals surface area contributed by atoms with Crippen molar-refractivity contribution < 1.29 is 13.9 Å². The Balaban J connectivity index is 2.42. The molecule has 2 rings (SSSR count). The van der Waals surface area contributed by atoms with E-state index in [4.69, 9.17) is 0 Å². The first-order valence-electron chi connectivity index (χ1n) is 4.69. The Bertz CT molecular complexity index is 336. The van der Waals surface area contributed by atoms with Gasteiger partial charge in [-0.15, -0.1) is 0 Å². The molecule has 1 aliphatic carbocycles. The first kappa shape index (κ1) is 9.59. The van der Waals surface area contributed by atoms with E-state index >= 15 is 0 Å². The third-order valence-electron chi connectivity index (χ3n) is 3.03. The van der Waals surface area contributed by atoms with Gasteiger partial charge in [0, 0.05) is 11.5 Å². The maximum Gasteiger partial charge on any atom is 0.126 e. The topological polar surface area (TPSA) is 20.2 Å². The van der Waals surface area contributed by atoms with Crippen LogP contribution in [0.15, 0.2) is 18.2 Å². The van der Waals surface area contributed by atoms with Gasteiger partial charge in [-0.2, -0.15) is 0 Å². The summed E-state index contributed by atoms with van der Waals surface area (Å²) in [6.45, 7) is 1.66. The minimum absolute atomic E-state index is 0.400. The lowest BCUT2D eigenvalue weighted by molar-refractivity contribution is 0.150. The summed E-state index contributed by atoms with van der Waals surface area (Å²) in [6.07, 6.45) is 1.05. The van der Waals surface area contributed by atoms with E-state index in [1.807, 2.05) is 0 Å². The number of rotatable bonds is 2. The predicted octanol–water partition coefficient (Wildman–Crippen LogP) is 2.38. The van der Waals surface area contributed by atoms with Crippen LogP contribution in [0.2, 0.25) is 0 Å². The molecule has 1 unspecified atom stereocenters. The largest absolute Gasteiger partial charge is 0.392 e. The molecule has 1 N–H and O–H groups in total. The first-order chi connectivity index (χ1) is 6.54. The van der Waals surface area contributed by atoms with Crippen molar-refractivity contribution in [2.24, 2.45) is 0 Å². The molecule has 0 aromatic heterocycles. The van der Waals surface area contributed by atoms with Crippen molar-refractivity contribution in [3.63, 3.8) is 0 Å². The highest BCUT2D eigenvalue weighted by atomic mass is 19.1. The molecule has 1 aromatic carbocycles. The maximum atomic E-state index is 12.9. The highest BCUT2D eigenvalue weighted by Crippen LogP contribution is 2.51. The fraction of sp³-hybridized carbons (Fsp3) is 0.455. The summed E-state index contributed by atoms with van der Waals surface area (Å²) in [7, 11) is 0. The average molecular weight is 198 g/mol. The molecular weight excluding hydrogens is 186 g/mol. The van der Waals surface area contributed by atoms with Crippen LogP contribution < -0.4 is 0 Å². The molecule has 1 fully saturated rings. The van der Waals surface area contributed by atoms with Crippen LogP contribution in [0, 0.1) is 11.6 Å². The van der Waals surface area contributed by atoms with E-state index in [1.54, 1.807) is 6.92 Å². The molecule has 1 atom stereocenters. The molecule has 0 saturated heterocycles. The van der Waals surface area contributed by atoms with Gasteiger partial charge in [-0.05, 0) is 37.5 Å². The minimum atomic E-state index is -0.577. The van der Waals surface area contributed by atoms with E-state index in [0.29, 0.717) is 5.56 Å². The van der Waals surface area contributed by atoms with Crippen LogP contribution in [0.25, 0.3) is 0 Å². The fourth-order valence-corrected chi connectivity index (χ4v) is 1.92. The number of benzene rings is 1. The van der Waals surface area contributed by atoms with Gasteiger partial charge >= 0.3 is 0 Å². The second-order valence-electron chi connectivity index (χ2n) is 3.99. The predicted molar refractivity (Wildman–Crippen MR) is 49.0 cm³/mol. The van der Waals surface area contributed by atoms with Gasteiger partial charge in [0.25, 0.3) is 0 Å². The Labute approximate surface area is 81.4 Å². The maximum absolute atomic E-state index is 12.9. The van der Waals surface area contributed by atoms with Crippen molar-refractivity contribution in [3.8, 4) is 0 Å². The van der Waals surface area contributed by atoms with Crippen molar-refractivity contribution in [1.29, 1.82) is 0 Å². The molecular formula is C11H12F2O. The monoisotopic (exact) mass is 198 g/mol. The minimum Gasteiger partial charge on any atom is -0.392 e. The van der Waals surface area contributed by atoms with E-state index in [9.17, 15) is 13.9 Å². The van der Waals surface area contributed by atoms with Gasteiger partial charge in [0.2, 0.25) is 0 Å². The van der Waals surface area contributed by atoms with E-state index in [-0.39, 0.29) is 0 Å². The fourth-order valence-electron chi connectivity index (χ4n) is 1.92. The number of hydrogen-bond acceptors (Lipinski definition) is 1. The molecule has 1 aromatic rings. The van der Waals surface area contributed by atoms with Crippen molar-refractivity contribution in [3.05, 3.63) is 35.4 Å². The summed E-state index contributed by atoms with van der Waals surface area (Å²) in [5, 5.41) is 9.53. The molecule has 1 aliphatic rings. The zero-order valence-electron chi connectivity index (χ0n) is 7.93. The molecule has 1 nitrogen and oxygen atoms in total. The quantitative estimate of drug-likeness (QED) is 0.773. The Morgan fingerprint density at radius 2 is 1.71 bits per heavy atom. The van der Waals surface area contributed by atoms with E-state index in [0.717, 1.165) is 18.9 Å². The normalized spacial score (nSPS) is 20.6. The van der Waals surface area contributed by atoms with Gasteiger partial charge in [0.15, 0.2) is 0 Å². The SMILES string of the molecule is CC(O)C1(c2cc(F)cc(F)c2)CC1. The van der Waals surface area contributed by atoms with Crippen LogP contribution in [0.5, 0.6) is 0 Å². The summed E-state index contributed by atoms with van der Waals surface area (Å²) < 4.78 is 25.9. The molecule has 0 bridgehead atoms. The van der Waals surface area contributed by atoms with Crippen LogP contribution in [-0.4, -0.2) is 11.2 Å². The standard InChI is InChI=1S/C11H12F2O/c1-7(14)11(2-3-11)8-4-9(12)6-10(13)5-8/h4-7,14H,2-3H2,1H3.